The molecule has 100 valence electrons. The molecule has 0 radical (unpaired) electrons. The molecule has 0 saturated carbocycles. The van der Waals surface area contributed by atoms with E-state index in [0.29, 0.717) is 0 Å². The average molecular weight is 250 g/mol. The number of aromatic nitrogens is 2. The molecule has 2 rings (SSSR count). The highest BCUT2D eigenvalue weighted by Crippen LogP contribution is 2.09. The highest BCUT2D eigenvalue weighted by Gasteiger charge is 2.19. The highest BCUT2D eigenvalue weighted by molar-refractivity contribution is 5.00. The van der Waals surface area contributed by atoms with Crippen LogP contribution in [0.15, 0.2) is 18.6 Å². The lowest BCUT2D eigenvalue weighted by Crippen LogP contribution is -2.46. The van der Waals surface area contributed by atoms with Gasteiger partial charge in [-0.1, -0.05) is 6.92 Å². The summed E-state index contributed by atoms with van der Waals surface area (Å²) >= 11 is 0. The molecule has 0 spiro atoms. The van der Waals surface area contributed by atoms with E-state index in [1.165, 1.54) is 0 Å². The summed E-state index contributed by atoms with van der Waals surface area (Å²) in [5.41, 5.74) is 0.973. The van der Waals surface area contributed by atoms with Crippen LogP contribution in [-0.2, 0) is 4.74 Å². The predicted molar refractivity (Wildman–Crippen MR) is 70.3 cm³/mol. The molecule has 5 nitrogen and oxygen atoms in total. The second-order valence-corrected chi connectivity index (χ2v) is 4.65. The summed E-state index contributed by atoms with van der Waals surface area (Å²) < 4.78 is 5.76. The van der Waals surface area contributed by atoms with Gasteiger partial charge in [-0.15, -0.1) is 0 Å². The Morgan fingerprint density at radius 2 is 2.44 bits per heavy atom. The van der Waals surface area contributed by atoms with Gasteiger partial charge in [-0.3, -0.25) is 14.9 Å². The average Bonchev–Trinajstić information content (AvgIpc) is 2.46. The molecule has 1 aliphatic rings. The lowest BCUT2D eigenvalue weighted by atomic mass is 10.2. The van der Waals surface area contributed by atoms with Crippen molar-refractivity contribution in [1.29, 1.82) is 0 Å². The Bertz CT molecular complexity index is 346. The zero-order valence-electron chi connectivity index (χ0n) is 11.2. The van der Waals surface area contributed by atoms with Crippen molar-refractivity contribution in [2.45, 2.75) is 26.0 Å². The summed E-state index contributed by atoms with van der Waals surface area (Å²) in [6.07, 6.45) is 5.50. The maximum Gasteiger partial charge on any atom is 0.0826 e. The topological polar surface area (TPSA) is 50.3 Å². The fourth-order valence-corrected chi connectivity index (χ4v) is 2.14. The van der Waals surface area contributed by atoms with Gasteiger partial charge >= 0.3 is 0 Å². The molecule has 0 aliphatic carbocycles. The molecule has 1 aromatic rings. The Morgan fingerprint density at radius 3 is 3.17 bits per heavy atom. The number of likely N-dealkylation sites (N-methyl/N-ethyl adjacent to an activating group) is 1. The van der Waals surface area contributed by atoms with Crippen LogP contribution in [0.5, 0.6) is 0 Å². The quantitative estimate of drug-likeness (QED) is 0.839. The Hall–Kier alpha value is -1.04. The van der Waals surface area contributed by atoms with Gasteiger partial charge in [0.05, 0.1) is 18.4 Å². The molecule has 1 fully saturated rings. The molecule has 1 saturated heterocycles. The third-order valence-electron chi connectivity index (χ3n) is 3.35. The number of morpholine rings is 1. The van der Waals surface area contributed by atoms with E-state index in [-0.39, 0.29) is 12.1 Å². The van der Waals surface area contributed by atoms with Crippen molar-refractivity contribution in [2.75, 3.05) is 32.8 Å². The molecule has 5 heteroatoms. The highest BCUT2D eigenvalue weighted by atomic mass is 16.5. The van der Waals surface area contributed by atoms with Gasteiger partial charge in [0.2, 0.25) is 0 Å². The molecule has 2 atom stereocenters. The van der Waals surface area contributed by atoms with Gasteiger partial charge in [0.1, 0.15) is 0 Å². The number of nitrogens with one attached hydrogen (secondary N) is 1. The SMILES string of the molecule is CCN1CCOC(CNC(C)c2cnccn2)C1. The number of hydrogen-bond donors (Lipinski definition) is 1. The summed E-state index contributed by atoms with van der Waals surface area (Å²) in [5, 5.41) is 3.46. The molecular formula is C13H22N4O. The fraction of sp³-hybridized carbons (Fsp3) is 0.692. The van der Waals surface area contributed by atoms with Crippen LogP contribution < -0.4 is 5.32 Å². The van der Waals surface area contributed by atoms with Gasteiger partial charge in [-0.2, -0.15) is 0 Å². The summed E-state index contributed by atoms with van der Waals surface area (Å²) in [6, 6.07) is 0.208. The van der Waals surface area contributed by atoms with Crippen molar-refractivity contribution in [1.82, 2.24) is 20.2 Å². The Kier molecular flexibility index (Phi) is 5.04. The maximum atomic E-state index is 5.76. The Morgan fingerprint density at radius 1 is 1.56 bits per heavy atom. The van der Waals surface area contributed by atoms with Gasteiger partial charge in [-0.05, 0) is 13.5 Å². The summed E-state index contributed by atoms with van der Waals surface area (Å²) in [4.78, 5) is 10.8. The first-order valence-electron chi connectivity index (χ1n) is 6.63. The van der Waals surface area contributed by atoms with Crippen LogP contribution in [0.3, 0.4) is 0 Å². The molecule has 18 heavy (non-hydrogen) atoms. The minimum atomic E-state index is 0.208. The van der Waals surface area contributed by atoms with Gasteiger partial charge in [0.25, 0.3) is 0 Å². The molecule has 1 N–H and O–H groups in total. The Labute approximate surface area is 109 Å². The Balaban J connectivity index is 1.77. The van der Waals surface area contributed by atoms with Gasteiger partial charge in [0, 0.05) is 44.3 Å². The maximum absolute atomic E-state index is 5.76. The monoisotopic (exact) mass is 250 g/mol. The van der Waals surface area contributed by atoms with Crippen molar-refractivity contribution in [3.05, 3.63) is 24.3 Å². The van der Waals surface area contributed by atoms with E-state index in [0.717, 1.165) is 38.5 Å². The lowest BCUT2D eigenvalue weighted by molar-refractivity contribution is -0.0262. The molecule has 2 heterocycles. The number of nitrogens with zero attached hydrogens (tertiary/aromatic N) is 3. The third-order valence-corrected chi connectivity index (χ3v) is 3.35. The van der Waals surface area contributed by atoms with Gasteiger partial charge < -0.3 is 10.1 Å². The second kappa shape index (κ2) is 6.78. The molecular weight excluding hydrogens is 228 g/mol. The van der Waals surface area contributed by atoms with E-state index < -0.39 is 0 Å². The minimum Gasteiger partial charge on any atom is -0.374 e. The molecule has 2 unspecified atom stereocenters. The molecule has 0 aromatic carbocycles. The number of ether oxygens (including phenoxy) is 1. The number of rotatable bonds is 5. The number of hydrogen-bond acceptors (Lipinski definition) is 5. The minimum absolute atomic E-state index is 0.208. The standard InChI is InChI=1S/C13H22N4O/c1-3-17-6-7-18-12(10-17)8-16-11(2)13-9-14-4-5-15-13/h4-5,9,11-12,16H,3,6-8,10H2,1-2H3. The van der Waals surface area contributed by atoms with Gasteiger partial charge in [0.15, 0.2) is 0 Å². The van der Waals surface area contributed by atoms with E-state index in [4.69, 9.17) is 4.74 Å². The molecule has 0 amide bonds. The van der Waals surface area contributed by atoms with Crippen LogP contribution in [0.4, 0.5) is 0 Å². The first-order chi connectivity index (χ1) is 8.79. The van der Waals surface area contributed by atoms with E-state index in [1.54, 1.807) is 18.6 Å². The molecule has 1 aromatic heterocycles. The second-order valence-electron chi connectivity index (χ2n) is 4.65. The lowest BCUT2D eigenvalue weighted by Gasteiger charge is -2.32. The van der Waals surface area contributed by atoms with Crippen LogP contribution in [0.1, 0.15) is 25.6 Å². The first-order valence-corrected chi connectivity index (χ1v) is 6.63. The zero-order chi connectivity index (χ0) is 12.8. The van der Waals surface area contributed by atoms with Crippen molar-refractivity contribution >= 4 is 0 Å². The summed E-state index contributed by atoms with van der Waals surface area (Å²) in [7, 11) is 0. The molecule has 1 aliphatic heterocycles. The van der Waals surface area contributed by atoms with E-state index in [9.17, 15) is 0 Å². The van der Waals surface area contributed by atoms with Crippen LogP contribution in [0.2, 0.25) is 0 Å². The first kappa shape index (κ1) is 13.4. The van der Waals surface area contributed by atoms with E-state index in [1.807, 2.05) is 0 Å². The third kappa shape index (κ3) is 3.73. The van der Waals surface area contributed by atoms with Crippen LogP contribution in [0.25, 0.3) is 0 Å². The van der Waals surface area contributed by atoms with Crippen LogP contribution in [0, 0.1) is 0 Å². The summed E-state index contributed by atoms with van der Waals surface area (Å²) in [5.74, 6) is 0. The zero-order valence-corrected chi connectivity index (χ0v) is 11.2. The largest absolute Gasteiger partial charge is 0.374 e. The fourth-order valence-electron chi connectivity index (χ4n) is 2.14. The summed E-state index contributed by atoms with van der Waals surface area (Å²) in [6.45, 7) is 9.14. The van der Waals surface area contributed by atoms with Crippen LogP contribution >= 0.6 is 0 Å². The van der Waals surface area contributed by atoms with Crippen molar-refractivity contribution in [2.24, 2.45) is 0 Å². The van der Waals surface area contributed by atoms with E-state index >= 15 is 0 Å². The van der Waals surface area contributed by atoms with Crippen molar-refractivity contribution in [3.63, 3.8) is 0 Å². The van der Waals surface area contributed by atoms with Gasteiger partial charge in [-0.25, -0.2) is 0 Å². The van der Waals surface area contributed by atoms with E-state index in [2.05, 4.69) is 34.0 Å². The smallest absolute Gasteiger partial charge is 0.0826 e. The predicted octanol–water partition coefficient (Wildman–Crippen LogP) is 0.848. The normalized spacial score (nSPS) is 22.9. The van der Waals surface area contributed by atoms with Crippen molar-refractivity contribution in [3.8, 4) is 0 Å². The van der Waals surface area contributed by atoms with Crippen molar-refractivity contribution < 1.29 is 4.74 Å². The molecule has 0 bridgehead atoms. The van der Waals surface area contributed by atoms with Crippen LogP contribution in [-0.4, -0.2) is 53.8 Å².